The third-order valence-electron chi connectivity index (χ3n) is 7.33. The van der Waals surface area contributed by atoms with Gasteiger partial charge in [-0.3, -0.25) is 9.69 Å². The van der Waals surface area contributed by atoms with Crippen LogP contribution in [0.4, 0.5) is 0 Å². The quantitative estimate of drug-likeness (QED) is 0.843. The fourth-order valence-corrected chi connectivity index (χ4v) is 5.55. The minimum Gasteiger partial charge on any atom is -0.497 e. The lowest BCUT2D eigenvalue weighted by atomic mass is 9.55. The second-order valence-electron chi connectivity index (χ2n) is 8.87. The van der Waals surface area contributed by atoms with Gasteiger partial charge in [0, 0.05) is 18.0 Å². The number of hydrogen-bond acceptors (Lipinski definition) is 3. The van der Waals surface area contributed by atoms with Gasteiger partial charge in [0.1, 0.15) is 5.75 Å². The molecule has 0 radical (unpaired) electrons. The average Bonchev–Trinajstić information content (AvgIpc) is 3.43. The maximum absolute atomic E-state index is 11.7. The van der Waals surface area contributed by atoms with Crippen molar-refractivity contribution in [2.45, 2.75) is 57.4 Å². The van der Waals surface area contributed by atoms with Crippen molar-refractivity contribution in [3.8, 4) is 5.75 Å². The van der Waals surface area contributed by atoms with E-state index in [1.165, 1.54) is 30.5 Å². The van der Waals surface area contributed by atoms with Gasteiger partial charge in [0.25, 0.3) is 0 Å². The number of nitrogens with zero attached hydrogens (tertiary/aromatic N) is 1. The summed E-state index contributed by atoms with van der Waals surface area (Å²) >= 11 is 0. The van der Waals surface area contributed by atoms with E-state index in [-0.39, 0.29) is 11.3 Å². The molecule has 4 unspecified atom stereocenters. The SMILES string of the molecule is COc1ccc2c(c1)C1(CC(C)C(=O)O)CCN(CC3CC3)C(C2)C1C. The van der Waals surface area contributed by atoms with Crippen LogP contribution in [0.3, 0.4) is 0 Å². The molecule has 0 spiro atoms. The number of aliphatic carboxylic acids is 1. The molecule has 4 rings (SSSR count). The van der Waals surface area contributed by atoms with Crippen molar-refractivity contribution in [3.05, 3.63) is 29.3 Å². The molecule has 1 heterocycles. The number of ether oxygens (including phenoxy) is 1. The van der Waals surface area contributed by atoms with Crippen LogP contribution in [-0.4, -0.2) is 42.2 Å². The maximum Gasteiger partial charge on any atom is 0.306 e. The molecule has 2 aliphatic carbocycles. The van der Waals surface area contributed by atoms with Crippen LogP contribution >= 0.6 is 0 Å². The van der Waals surface area contributed by atoms with Crippen LogP contribution < -0.4 is 4.74 Å². The van der Waals surface area contributed by atoms with Crippen LogP contribution in [0.15, 0.2) is 18.2 Å². The minimum absolute atomic E-state index is 0.0509. The second kappa shape index (κ2) is 6.56. The van der Waals surface area contributed by atoms with Gasteiger partial charge in [0.15, 0.2) is 0 Å². The molecule has 3 aliphatic rings. The highest BCUT2D eigenvalue weighted by atomic mass is 16.5. The fraction of sp³-hybridized carbons (Fsp3) is 0.682. The van der Waals surface area contributed by atoms with Crippen LogP contribution in [0.1, 0.15) is 50.7 Å². The van der Waals surface area contributed by atoms with Crippen LogP contribution in [0.25, 0.3) is 0 Å². The highest BCUT2D eigenvalue weighted by Crippen LogP contribution is 2.53. The van der Waals surface area contributed by atoms with Gasteiger partial charge in [0.2, 0.25) is 0 Å². The van der Waals surface area contributed by atoms with Gasteiger partial charge < -0.3 is 9.84 Å². The molecule has 4 atom stereocenters. The third-order valence-corrected chi connectivity index (χ3v) is 7.33. The summed E-state index contributed by atoms with van der Waals surface area (Å²) in [7, 11) is 1.71. The Kier molecular flexibility index (Phi) is 4.50. The van der Waals surface area contributed by atoms with Gasteiger partial charge >= 0.3 is 5.97 Å². The van der Waals surface area contributed by atoms with E-state index < -0.39 is 5.97 Å². The van der Waals surface area contributed by atoms with Crippen molar-refractivity contribution >= 4 is 5.97 Å². The predicted molar refractivity (Wildman–Crippen MR) is 102 cm³/mol. The van der Waals surface area contributed by atoms with E-state index in [2.05, 4.69) is 30.0 Å². The number of carboxylic acids is 1. The molecule has 142 valence electrons. The summed E-state index contributed by atoms with van der Waals surface area (Å²) in [6, 6.07) is 7.00. The topological polar surface area (TPSA) is 49.8 Å². The smallest absolute Gasteiger partial charge is 0.306 e. The number of carboxylic acid groups (broad SMARTS) is 1. The van der Waals surface area contributed by atoms with Gasteiger partial charge in [-0.25, -0.2) is 0 Å². The number of hydrogen-bond donors (Lipinski definition) is 1. The Labute approximate surface area is 156 Å². The van der Waals surface area contributed by atoms with Gasteiger partial charge in [-0.1, -0.05) is 19.9 Å². The first-order valence-electron chi connectivity index (χ1n) is 10.1. The van der Waals surface area contributed by atoms with Gasteiger partial charge in [0.05, 0.1) is 13.0 Å². The van der Waals surface area contributed by atoms with E-state index in [1.807, 2.05) is 6.92 Å². The van der Waals surface area contributed by atoms with Crippen LogP contribution in [0.2, 0.25) is 0 Å². The Morgan fingerprint density at radius 3 is 2.85 bits per heavy atom. The molecule has 1 saturated heterocycles. The van der Waals surface area contributed by atoms with Crippen LogP contribution in [0, 0.1) is 17.8 Å². The van der Waals surface area contributed by atoms with Gasteiger partial charge in [-0.05, 0) is 73.7 Å². The summed E-state index contributed by atoms with van der Waals surface area (Å²) in [5, 5.41) is 9.59. The number of likely N-dealkylation sites (tertiary alicyclic amines) is 1. The Balaban J connectivity index is 1.74. The van der Waals surface area contributed by atoms with E-state index in [9.17, 15) is 9.90 Å². The molecule has 2 fully saturated rings. The Bertz CT molecular complexity index is 699. The summed E-state index contributed by atoms with van der Waals surface area (Å²) in [5.74, 6) is 1.24. The molecule has 1 aliphatic heterocycles. The van der Waals surface area contributed by atoms with Gasteiger partial charge in [-0.15, -0.1) is 0 Å². The molecule has 1 saturated carbocycles. The summed E-state index contributed by atoms with van der Waals surface area (Å²) in [6.45, 7) is 6.55. The predicted octanol–water partition coefficient (Wildman–Crippen LogP) is 3.72. The molecule has 4 nitrogen and oxygen atoms in total. The Morgan fingerprint density at radius 1 is 1.42 bits per heavy atom. The summed E-state index contributed by atoms with van der Waals surface area (Å²) in [4.78, 5) is 14.4. The first-order valence-corrected chi connectivity index (χ1v) is 10.1. The number of carbonyl (C=O) groups is 1. The lowest BCUT2D eigenvalue weighted by Crippen LogP contribution is -2.60. The van der Waals surface area contributed by atoms with E-state index in [4.69, 9.17) is 4.74 Å². The summed E-state index contributed by atoms with van der Waals surface area (Å²) in [5.41, 5.74) is 2.69. The van der Waals surface area contributed by atoms with Gasteiger partial charge in [-0.2, -0.15) is 0 Å². The standard InChI is InChI=1S/C22H31NO3/c1-14(21(24)25)12-22-8-9-23(13-16-4-5-16)20(15(22)2)10-17-6-7-18(26-3)11-19(17)22/h6-7,11,14-16,20H,4-5,8-10,12-13H2,1-3H3,(H,24,25). The zero-order valence-electron chi connectivity index (χ0n) is 16.2. The maximum atomic E-state index is 11.7. The fourth-order valence-electron chi connectivity index (χ4n) is 5.55. The van der Waals surface area contributed by atoms with Crippen molar-refractivity contribution in [1.82, 2.24) is 4.90 Å². The molecule has 2 bridgehead atoms. The molecule has 0 amide bonds. The Hall–Kier alpha value is -1.55. The normalized spacial score (nSPS) is 32.0. The largest absolute Gasteiger partial charge is 0.497 e. The molecular weight excluding hydrogens is 326 g/mol. The third kappa shape index (κ3) is 2.92. The van der Waals surface area contributed by atoms with Crippen LogP contribution in [-0.2, 0) is 16.6 Å². The monoisotopic (exact) mass is 357 g/mol. The van der Waals surface area contributed by atoms with E-state index in [0.717, 1.165) is 37.5 Å². The first-order chi connectivity index (χ1) is 12.4. The molecule has 1 aromatic carbocycles. The summed E-state index contributed by atoms with van der Waals surface area (Å²) < 4.78 is 5.51. The molecule has 1 N–H and O–H groups in total. The Morgan fingerprint density at radius 2 is 2.19 bits per heavy atom. The number of methoxy groups -OCH3 is 1. The average molecular weight is 357 g/mol. The van der Waals surface area contributed by atoms with Crippen LogP contribution in [0.5, 0.6) is 5.75 Å². The van der Waals surface area contributed by atoms with Crippen molar-refractivity contribution in [2.75, 3.05) is 20.2 Å². The minimum atomic E-state index is -0.682. The van der Waals surface area contributed by atoms with Crippen molar-refractivity contribution < 1.29 is 14.6 Å². The molecular formula is C22H31NO3. The number of piperidine rings is 1. The van der Waals surface area contributed by atoms with Crippen molar-refractivity contribution in [1.29, 1.82) is 0 Å². The van der Waals surface area contributed by atoms with E-state index >= 15 is 0 Å². The zero-order valence-corrected chi connectivity index (χ0v) is 16.2. The zero-order chi connectivity index (χ0) is 18.5. The van der Waals surface area contributed by atoms with Crippen molar-refractivity contribution in [2.24, 2.45) is 17.8 Å². The molecule has 0 aromatic heterocycles. The first kappa shape index (κ1) is 17.8. The highest BCUT2D eigenvalue weighted by Gasteiger charge is 2.52. The number of rotatable bonds is 6. The molecule has 4 heteroatoms. The molecule has 26 heavy (non-hydrogen) atoms. The number of benzene rings is 1. The molecule has 1 aromatic rings. The lowest BCUT2D eigenvalue weighted by molar-refractivity contribution is -0.142. The van der Waals surface area contributed by atoms with Crippen molar-refractivity contribution in [3.63, 3.8) is 0 Å². The highest BCUT2D eigenvalue weighted by molar-refractivity contribution is 5.69. The number of fused-ring (bicyclic) bond motifs is 4. The summed E-state index contributed by atoms with van der Waals surface area (Å²) in [6.07, 6.45) is 5.61. The van der Waals surface area contributed by atoms with E-state index in [1.54, 1.807) is 7.11 Å². The van der Waals surface area contributed by atoms with E-state index in [0.29, 0.717) is 12.0 Å². The lowest BCUT2D eigenvalue weighted by Gasteiger charge is -2.56. The second-order valence-corrected chi connectivity index (χ2v) is 8.87.